The monoisotopic (exact) mass is 345 g/mol. The van der Waals surface area contributed by atoms with Gasteiger partial charge >= 0.3 is 6.03 Å². The minimum Gasteiger partial charge on any atom is -0.337 e. The number of carbonyl (C=O) groups is 1. The maximum atomic E-state index is 12.3. The predicted molar refractivity (Wildman–Crippen MR) is 88.0 cm³/mol. The van der Waals surface area contributed by atoms with Crippen molar-refractivity contribution in [3.63, 3.8) is 0 Å². The van der Waals surface area contributed by atoms with Gasteiger partial charge in [-0.05, 0) is 24.5 Å². The van der Waals surface area contributed by atoms with Gasteiger partial charge in [-0.3, -0.25) is 4.90 Å². The number of rotatable bonds is 5. The minimum absolute atomic E-state index is 0.0600. The fourth-order valence-corrected chi connectivity index (χ4v) is 3.74. The van der Waals surface area contributed by atoms with Gasteiger partial charge in [-0.25, -0.2) is 17.9 Å². The molecule has 2 N–H and O–H groups in total. The van der Waals surface area contributed by atoms with Crippen molar-refractivity contribution in [2.75, 3.05) is 30.3 Å². The molecule has 0 saturated heterocycles. The third-order valence-electron chi connectivity index (χ3n) is 3.42. The first-order valence-corrected chi connectivity index (χ1v) is 9.27. The fraction of sp³-hybridized carbons (Fsp3) is 0.500. The standard InChI is InChI=1S/C14H20ClN3O3S/c1-2-17-22(20,21)10-8-16-14(19)18-9-4-6-11-5-3-7-12(15)13(11)18/h3,5,7,17H,2,4,6,8-10H2,1H3,(H,16,19). The SMILES string of the molecule is CCNS(=O)(=O)CCNC(=O)N1CCCc2cccc(Cl)c21. The number of aryl methyl sites for hydroxylation is 1. The van der Waals surface area contributed by atoms with E-state index in [1.165, 1.54) is 0 Å². The van der Waals surface area contributed by atoms with E-state index in [0.717, 1.165) is 24.1 Å². The van der Waals surface area contributed by atoms with Crippen LogP contribution in [0.5, 0.6) is 0 Å². The number of nitrogens with zero attached hydrogens (tertiary/aromatic N) is 1. The van der Waals surface area contributed by atoms with E-state index in [9.17, 15) is 13.2 Å². The number of carbonyl (C=O) groups excluding carboxylic acids is 1. The van der Waals surface area contributed by atoms with Crippen molar-refractivity contribution in [1.29, 1.82) is 0 Å². The van der Waals surface area contributed by atoms with Crippen molar-refractivity contribution >= 4 is 33.3 Å². The molecule has 8 heteroatoms. The van der Waals surface area contributed by atoms with Crippen molar-refractivity contribution in [2.45, 2.75) is 19.8 Å². The first-order chi connectivity index (χ1) is 10.4. The summed E-state index contributed by atoms with van der Waals surface area (Å²) in [6, 6.07) is 5.25. The number of amides is 2. The van der Waals surface area contributed by atoms with Gasteiger partial charge in [-0.1, -0.05) is 30.7 Å². The molecule has 0 bridgehead atoms. The van der Waals surface area contributed by atoms with E-state index in [1.807, 2.05) is 12.1 Å². The number of para-hydroxylation sites is 1. The molecule has 122 valence electrons. The average molecular weight is 346 g/mol. The molecule has 1 aromatic carbocycles. The molecule has 0 atom stereocenters. The molecule has 0 fully saturated rings. The van der Waals surface area contributed by atoms with Crippen molar-refractivity contribution in [3.05, 3.63) is 28.8 Å². The highest BCUT2D eigenvalue weighted by Gasteiger charge is 2.24. The van der Waals surface area contributed by atoms with E-state index in [-0.39, 0.29) is 18.3 Å². The van der Waals surface area contributed by atoms with Crippen molar-refractivity contribution in [3.8, 4) is 0 Å². The third kappa shape index (κ3) is 4.12. The number of benzene rings is 1. The topological polar surface area (TPSA) is 78.5 Å². The molecule has 2 rings (SSSR count). The first kappa shape index (κ1) is 17.1. The summed E-state index contributed by atoms with van der Waals surface area (Å²) in [4.78, 5) is 13.9. The van der Waals surface area contributed by atoms with Crippen LogP contribution in [-0.2, 0) is 16.4 Å². The Labute approximate surface area is 135 Å². The van der Waals surface area contributed by atoms with E-state index in [1.54, 1.807) is 17.9 Å². The highest BCUT2D eigenvalue weighted by atomic mass is 35.5. The number of fused-ring (bicyclic) bond motifs is 1. The number of hydrogen-bond acceptors (Lipinski definition) is 3. The van der Waals surface area contributed by atoms with Gasteiger partial charge in [-0.2, -0.15) is 0 Å². The van der Waals surface area contributed by atoms with E-state index in [2.05, 4.69) is 10.0 Å². The summed E-state index contributed by atoms with van der Waals surface area (Å²) in [6.07, 6.45) is 1.74. The van der Waals surface area contributed by atoms with Crippen LogP contribution >= 0.6 is 11.6 Å². The van der Waals surface area contributed by atoms with Crippen LogP contribution in [-0.4, -0.2) is 39.8 Å². The summed E-state index contributed by atoms with van der Waals surface area (Å²) in [5.74, 6) is -0.143. The molecule has 1 aromatic rings. The molecule has 6 nitrogen and oxygen atoms in total. The number of nitrogens with one attached hydrogen (secondary N) is 2. The second kappa shape index (κ2) is 7.30. The van der Waals surface area contributed by atoms with Gasteiger partial charge in [-0.15, -0.1) is 0 Å². The molecule has 0 aliphatic carbocycles. The smallest absolute Gasteiger partial charge is 0.321 e. The van der Waals surface area contributed by atoms with Gasteiger partial charge in [0.2, 0.25) is 10.0 Å². The highest BCUT2D eigenvalue weighted by Crippen LogP contribution is 2.34. The molecule has 0 aromatic heterocycles. The fourth-order valence-electron chi connectivity index (χ4n) is 2.49. The lowest BCUT2D eigenvalue weighted by Gasteiger charge is -2.30. The quantitative estimate of drug-likeness (QED) is 0.853. The van der Waals surface area contributed by atoms with E-state index < -0.39 is 10.0 Å². The van der Waals surface area contributed by atoms with Gasteiger partial charge in [0.25, 0.3) is 0 Å². The Bertz CT molecular complexity index is 649. The molecule has 2 amide bonds. The highest BCUT2D eigenvalue weighted by molar-refractivity contribution is 7.89. The third-order valence-corrected chi connectivity index (χ3v) is 5.20. The Morgan fingerprint density at radius 2 is 2.18 bits per heavy atom. The zero-order valence-electron chi connectivity index (χ0n) is 12.4. The van der Waals surface area contributed by atoms with E-state index in [0.29, 0.717) is 18.1 Å². The Hall–Kier alpha value is -1.31. The molecule has 0 spiro atoms. The zero-order valence-corrected chi connectivity index (χ0v) is 14.0. The van der Waals surface area contributed by atoms with Gasteiger partial charge < -0.3 is 5.32 Å². The second-order valence-corrected chi connectivity index (χ2v) is 7.39. The Kier molecular flexibility index (Phi) is 5.66. The van der Waals surface area contributed by atoms with Gasteiger partial charge in [0.1, 0.15) is 0 Å². The Balaban J connectivity index is 2.00. The van der Waals surface area contributed by atoms with Crippen LogP contribution in [0.1, 0.15) is 18.9 Å². The van der Waals surface area contributed by atoms with E-state index >= 15 is 0 Å². The molecule has 1 heterocycles. The molecule has 0 unspecified atom stereocenters. The minimum atomic E-state index is -3.34. The predicted octanol–water partition coefficient (Wildman–Crippen LogP) is 1.74. The van der Waals surface area contributed by atoms with Crippen LogP contribution in [0.3, 0.4) is 0 Å². The first-order valence-electron chi connectivity index (χ1n) is 7.24. The van der Waals surface area contributed by atoms with Crippen LogP contribution in [0.4, 0.5) is 10.5 Å². The molecule has 1 aliphatic rings. The maximum Gasteiger partial charge on any atom is 0.321 e. The maximum absolute atomic E-state index is 12.3. The van der Waals surface area contributed by atoms with Crippen molar-refractivity contribution < 1.29 is 13.2 Å². The van der Waals surface area contributed by atoms with E-state index in [4.69, 9.17) is 11.6 Å². The molecule has 0 radical (unpaired) electrons. The second-order valence-electron chi connectivity index (χ2n) is 5.05. The van der Waals surface area contributed by atoms with Gasteiger partial charge in [0, 0.05) is 19.6 Å². The molecular weight excluding hydrogens is 326 g/mol. The summed E-state index contributed by atoms with van der Waals surface area (Å²) < 4.78 is 25.5. The summed E-state index contributed by atoms with van der Waals surface area (Å²) in [5.41, 5.74) is 1.76. The zero-order chi connectivity index (χ0) is 16.2. The van der Waals surface area contributed by atoms with Crippen LogP contribution in [0.15, 0.2) is 18.2 Å². The Morgan fingerprint density at radius 1 is 1.41 bits per heavy atom. The lowest BCUT2D eigenvalue weighted by Crippen LogP contribution is -2.45. The summed E-state index contributed by atoms with van der Waals surface area (Å²) >= 11 is 6.20. The lowest BCUT2D eigenvalue weighted by atomic mass is 10.0. The van der Waals surface area contributed by atoms with Gasteiger partial charge in [0.05, 0.1) is 16.5 Å². The van der Waals surface area contributed by atoms with Gasteiger partial charge in [0.15, 0.2) is 0 Å². The van der Waals surface area contributed by atoms with Crippen molar-refractivity contribution in [1.82, 2.24) is 10.0 Å². The number of hydrogen-bond donors (Lipinski definition) is 2. The molecule has 22 heavy (non-hydrogen) atoms. The number of anilines is 1. The lowest BCUT2D eigenvalue weighted by molar-refractivity contribution is 0.246. The van der Waals surface area contributed by atoms with Crippen LogP contribution in [0, 0.1) is 0 Å². The number of urea groups is 1. The van der Waals surface area contributed by atoms with Crippen LogP contribution in [0.25, 0.3) is 0 Å². The normalized spacial score (nSPS) is 14.5. The molecule has 1 aliphatic heterocycles. The number of halogens is 1. The summed E-state index contributed by atoms with van der Waals surface area (Å²) in [7, 11) is -3.34. The average Bonchev–Trinajstić information content (AvgIpc) is 2.46. The summed E-state index contributed by atoms with van der Waals surface area (Å²) in [6.45, 7) is 2.68. The molecular formula is C14H20ClN3O3S. The number of sulfonamides is 1. The molecule has 0 saturated carbocycles. The van der Waals surface area contributed by atoms with Crippen molar-refractivity contribution in [2.24, 2.45) is 0 Å². The van der Waals surface area contributed by atoms with Crippen LogP contribution in [0.2, 0.25) is 5.02 Å². The van der Waals surface area contributed by atoms with Crippen LogP contribution < -0.4 is 14.9 Å². The Morgan fingerprint density at radius 3 is 2.91 bits per heavy atom. The summed E-state index contributed by atoms with van der Waals surface area (Å²) in [5, 5.41) is 3.18. The largest absolute Gasteiger partial charge is 0.337 e.